The van der Waals surface area contributed by atoms with Crippen LogP contribution < -0.4 is 10.6 Å². The van der Waals surface area contributed by atoms with Gasteiger partial charge in [0.2, 0.25) is 11.8 Å². The highest BCUT2D eigenvalue weighted by Crippen LogP contribution is 2.26. The summed E-state index contributed by atoms with van der Waals surface area (Å²) >= 11 is 0. The van der Waals surface area contributed by atoms with Crippen molar-refractivity contribution in [3.8, 4) is 0 Å². The number of aryl methyl sites for hydroxylation is 2. The third-order valence-corrected chi connectivity index (χ3v) is 6.34. The summed E-state index contributed by atoms with van der Waals surface area (Å²) in [4.78, 5) is 22.4. The molecule has 14 heteroatoms. The highest BCUT2D eigenvalue weighted by molar-refractivity contribution is 7.86. The van der Waals surface area contributed by atoms with Crippen LogP contribution in [0.3, 0.4) is 0 Å². The van der Waals surface area contributed by atoms with Crippen LogP contribution in [0.2, 0.25) is 0 Å². The maximum atomic E-state index is 11.9. The van der Waals surface area contributed by atoms with Crippen LogP contribution in [0.4, 0.5) is 11.4 Å². The summed E-state index contributed by atoms with van der Waals surface area (Å²) < 4.78 is 76.2. The molecule has 34 heavy (non-hydrogen) atoms. The largest absolute Gasteiger partial charge is 0.375 e. The Morgan fingerprint density at radius 3 is 1.38 bits per heavy atom. The molecule has 0 atom stereocenters. The van der Waals surface area contributed by atoms with Gasteiger partial charge in [-0.25, -0.2) is 0 Å². The zero-order chi connectivity index (χ0) is 25.5. The van der Waals surface area contributed by atoms with E-state index in [0.29, 0.717) is 0 Å². The van der Waals surface area contributed by atoms with Gasteiger partial charge >= 0.3 is 0 Å². The first-order valence-corrected chi connectivity index (χ1v) is 12.5. The number of hydrogen-bond donors (Lipinski definition) is 4. The van der Waals surface area contributed by atoms with Gasteiger partial charge < -0.3 is 20.1 Å². The number of carbonyl (C=O) groups is 2. The van der Waals surface area contributed by atoms with Crippen molar-refractivity contribution in [3.63, 3.8) is 0 Å². The van der Waals surface area contributed by atoms with Gasteiger partial charge in [-0.3, -0.25) is 18.7 Å². The molecule has 2 rings (SSSR count). The van der Waals surface area contributed by atoms with Gasteiger partial charge in [0.1, 0.15) is 13.2 Å². The average molecular weight is 517 g/mol. The molecule has 0 aliphatic carbocycles. The van der Waals surface area contributed by atoms with Crippen molar-refractivity contribution in [1.82, 2.24) is 0 Å². The van der Waals surface area contributed by atoms with E-state index in [4.69, 9.17) is 0 Å². The summed E-state index contributed by atoms with van der Waals surface area (Å²) in [7, 11) is -6.74. The summed E-state index contributed by atoms with van der Waals surface area (Å²) in [6.07, 6.45) is -0.0847. The number of ether oxygens (including phenoxy) is 2. The molecule has 12 nitrogen and oxygen atoms in total. The van der Waals surface area contributed by atoms with E-state index in [2.05, 4.69) is 20.1 Å². The monoisotopic (exact) mass is 516 g/mol. The molecule has 186 valence electrons. The second kappa shape index (κ2) is 11.5. The van der Waals surface area contributed by atoms with Gasteiger partial charge in [-0.2, -0.15) is 16.8 Å². The lowest BCUT2D eigenvalue weighted by atomic mass is 10.0. The van der Waals surface area contributed by atoms with Crippen LogP contribution in [0, 0.1) is 0 Å². The fraction of sp³-hybridized carbons (Fsp3) is 0.300. The lowest BCUT2D eigenvalue weighted by molar-refractivity contribution is -0.120. The zero-order valence-corrected chi connectivity index (χ0v) is 19.9. The van der Waals surface area contributed by atoms with Gasteiger partial charge in [-0.1, -0.05) is 12.1 Å². The van der Waals surface area contributed by atoms with E-state index >= 15 is 0 Å². The van der Waals surface area contributed by atoms with Crippen molar-refractivity contribution < 1.29 is 45.0 Å². The summed E-state index contributed by atoms with van der Waals surface area (Å²) in [6, 6.07) is 7.67. The molecule has 0 saturated heterocycles. The fourth-order valence-electron chi connectivity index (χ4n) is 3.08. The number of nitrogens with one attached hydrogen (secondary N) is 2. The first kappa shape index (κ1) is 27.4. The minimum atomic E-state index is -4.68. The molecule has 0 aliphatic rings. The highest BCUT2D eigenvalue weighted by atomic mass is 32.2. The maximum absolute atomic E-state index is 11.9. The number of carbonyl (C=O) groups excluding carboxylic acids is 2. The summed E-state index contributed by atoms with van der Waals surface area (Å²) in [5, 5.41) is 4.84. The summed E-state index contributed by atoms with van der Waals surface area (Å²) in [5.74, 6) is -1.07. The second-order valence-corrected chi connectivity index (χ2v) is 9.84. The van der Waals surface area contributed by atoms with Crippen molar-refractivity contribution in [2.75, 3.05) is 38.1 Å². The van der Waals surface area contributed by atoms with Gasteiger partial charge in [0.25, 0.3) is 20.2 Å². The van der Waals surface area contributed by atoms with Crippen LogP contribution >= 0.6 is 0 Å². The van der Waals surface area contributed by atoms with Crippen LogP contribution in [-0.2, 0) is 52.1 Å². The molecule has 2 aromatic carbocycles. The van der Waals surface area contributed by atoms with Crippen LogP contribution in [0.1, 0.15) is 11.1 Å². The SMILES string of the molecule is COCC(=O)Nc1ccc(CCc2ccc(NC(=O)COC)cc2S(=O)(=O)O)c(S(=O)(=O)O)c1. The van der Waals surface area contributed by atoms with E-state index in [9.17, 15) is 35.5 Å². The van der Waals surface area contributed by atoms with E-state index < -0.39 is 41.8 Å². The van der Waals surface area contributed by atoms with Crippen LogP contribution in [0.25, 0.3) is 0 Å². The van der Waals surface area contributed by atoms with Crippen LogP contribution in [-0.4, -0.2) is 65.2 Å². The molecule has 0 saturated carbocycles. The predicted molar refractivity (Wildman–Crippen MR) is 121 cm³/mol. The zero-order valence-electron chi connectivity index (χ0n) is 18.3. The summed E-state index contributed by atoms with van der Waals surface area (Å²) in [6.45, 7) is -0.521. The number of rotatable bonds is 11. The Morgan fingerprint density at radius 1 is 0.735 bits per heavy atom. The smallest absolute Gasteiger partial charge is 0.294 e. The van der Waals surface area contributed by atoms with Gasteiger partial charge in [0, 0.05) is 25.6 Å². The Labute approximate surface area is 196 Å². The quantitative estimate of drug-likeness (QED) is 0.316. The van der Waals surface area contributed by atoms with Crippen molar-refractivity contribution in [3.05, 3.63) is 47.5 Å². The molecule has 4 N–H and O–H groups in total. The number of benzene rings is 2. The molecule has 0 radical (unpaired) electrons. The Hall–Kier alpha value is -2.88. The van der Waals surface area contributed by atoms with Crippen molar-refractivity contribution >= 4 is 43.4 Å². The molecule has 0 fully saturated rings. The molecular weight excluding hydrogens is 492 g/mol. The van der Waals surface area contributed by atoms with E-state index in [0.717, 1.165) is 12.1 Å². The molecule has 0 heterocycles. The van der Waals surface area contributed by atoms with Gasteiger partial charge in [-0.05, 0) is 48.2 Å². The Bertz CT molecular complexity index is 1170. The number of anilines is 2. The molecule has 0 aliphatic heterocycles. The van der Waals surface area contributed by atoms with E-state index in [1.54, 1.807) is 0 Å². The minimum absolute atomic E-state index is 0.0423. The third-order valence-electron chi connectivity index (χ3n) is 4.47. The van der Waals surface area contributed by atoms with Crippen molar-refractivity contribution in [1.29, 1.82) is 0 Å². The molecule has 0 spiro atoms. The Balaban J connectivity index is 2.34. The van der Waals surface area contributed by atoms with Crippen LogP contribution in [0.5, 0.6) is 0 Å². The summed E-state index contributed by atoms with van der Waals surface area (Å²) in [5.41, 5.74) is 0.499. The molecule has 0 bridgehead atoms. The highest BCUT2D eigenvalue weighted by Gasteiger charge is 2.20. The average Bonchev–Trinajstić information content (AvgIpc) is 2.72. The molecule has 2 aromatic rings. The molecule has 0 unspecified atom stereocenters. The Kier molecular flexibility index (Phi) is 9.26. The minimum Gasteiger partial charge on any atom is -0.375 e. The number of hydrogen-bond acceptors (Lipinski definition) is 8. The second-order valence-electron chi connectivity index (χ2n) is 7.06. The van der Waals surface area contributed by atoms with E-state index in [1.807, 2.05) is 0 Å². The van der Waals surface area contributed by atoms with Gasteiger partial charge in [0.15, 0.2) is 0 Å². The standard InChI is InChI=1S/C20H24N2O10S2/c1-31-11-19(23)21-15-7-5-13(17(9-15)33(25,26)27)3-4-14-6-8-16(22-20(24)12-32-2)10-18(14)34(28,29)30/h5-10H,3-4,11-12H2,1-2H3,(H,21,23)(H,22,24)(H,25,26,27)(H,28,29,30). The lowest BCUT2D eigenvalue weighted by Gasteiger charge is -2.13. The maximum Gasteiger partial charge on any atom is 0.294 e. The topological polar surface area (TPSA) is 185 Å². The first-order valence-electron chi connectivity index (χ1n) is 9.63. The normalized spacial score (nSPS) is 11.8. The Morgan fingerprint density at radius 2 is 1.09 bits per heavy atom. The molecule has 0 aromatic heterocycles. The third kappa shape index (κ3) is 7.86. The number of amides is 2. The first-order chi connectivity index (χ1) is 15.8. The molecular formula is C20H24N2O10S2. The lowest BCUT2D eigenvalue weighted by Crippen LogP contribution is -2.18. The van der Waals surface area contributed by atoms with Crippen molar-refractivity contribution in [2.24, 2.45) is 0 Å². The van der Waals surface area contributed by atoms with Crippen LogP contribution in [0.15, 0.2) is 46.2 Å². The van der Waals surface area contributed by atoms with Gasteiger partial charge in [0.05, 0.1) is 9.79 Å². The van der Waals surface area contributed by atoms with E-state index in [1.165, 1.54) is 38.5 Å². The predicted octanol–water partition coefficient (Wildman–Crippen LogP) is 1.14. The fourth-order valence-corrected chi connectivity index (χ4v) is 4.64. The van der Waals surface area contributed by atoms with Crippen molar-refractivity contribution in [2.45, 2.75) is 22.6 Å². The van der Waals surface area contributed by atoms with E-state index in [-0.39, 0.29) is 48.6 Å². The number of methoxy groups -OCH3 is 2. The van der Waals surface area contributed by atoms with Gasteiger partial charge in [-0.15, -0.1) is 0 Å². The molecule has 2 amide bonds.